The van der Waals surface area contributed by atoms with Crippen molar-refractivity contribution in [1.82, 2.24) is 9.97 Å². The Balaban J connectivity index is 1.92. The number of anilines is 1. The lowest BCUT2D eigenvalue weighted by Gasteiger charge is -2.24. The van der Waals surface area contributed by atoms with Crippen LogP contribution in [0, 0.1) is 0 Å². The molecule has 0 spiro atoms. The van der Waals surface area contributed by atoms with Gasteiger partial charge in [-0.3, -0.25) is 4.79 Å². The van der Waals surface area contributed by atoms with Gasteiger partial charge in [-0.25, -0.2) is 9.97 Å². The van der Waals surface area contributed by atoms with Gasteiger partial charge in [0, 0.05) is 4.88 Å². The molecule has 1 aliphatic carbocycles. The average molecular weight is 294 g/mol. The first-order valence-corrected chi connectivity index (χ1v) is 7.34. The van der Waals surface area contributed by atoms with E-state index >= 15 is 0 Å². The summed E-state index contributed by atoms with van der Waals surface area (Å²) in [6.07, 6.45) is 5.37. The number of carbonyl (C=O) groups is 1. The van der Waals surface area contributed by atoms with Crippen LogP contribution in [0.15, 0.2) is 17.8 Å². The number of thiophene rings is 1. The molecule has 0 aliphatic heterocycles. The molecule has 1 N–H and O–H groups in total. The monoisotopic (exact) mass is 293 g/mol. The Hall–Kier alpha value is -1.46. The molecule has 98 valence electrons. The maximum Gasteiger partial charge on any atom is 0.156 e. The van der Waals surface area contributed by atoms with E-state index in [0.717, 1.165) is 19.3 Å². The lowest BCUT2D eigenvalue weighted by molar-refractivity contribution is 0.112. The largest absolute Gasteiger partial charge is 0.362 e. The third-order valence-electron chi connectivity index (χ3n) is 3.32. The van der Waals surface area contributed by atoms with Gasteiger partial charge in [0.1, 0.15) is 17.3 Å². The van der Waals surface area contributed by atoms with Gasteiger partial charge in [0.2, 0.25) is 0 Å². The highest BCUT2D eigenvalue weighted by molar-refractivity contribution is 7.10. The fourth-order valence-corrected chi connectivity index (χ4v) is 3.56. The first-order chi connectivity index (χ1) is 9.29. The third kappa shape index (κ3) is 2.35. The standard InChI is InChI=1S/C13H12ClN3OS/c14-12-9(6-18)13(16-7-15-12)17-10-2-1-3-11-8(10)4-5-19-11/h4-7,10H,1-3H2,(H,15,16,17). The van der Waals surface area contributed by atoms with Gasteiger partial charge < -0.3 is 5.32 Å². The van der Waals surface area contributed by atoms with E-state index in [2.05, 4.69) is 26.7 Å². The van der Waals surface area contributed by atoms with Gasteiger partial charge in [-0.2, -0.15) is 0 Å². The highest BCUT2D eigenvalue weighted by Gasteiger charge is 2.22. The molecule has 2 aromatic heterocycles. The minimum atomic E-state index is 0.189. The number of nitrogens with one attached hydrogen (secondary N) is 1. The summed E-state index contributed by atoms with van der Waals surface area (Å²) in [7, 11) is 0. The number of rotatable bonds is 3. The van der Waals surface area contributed by atoms with Crippen molar-refractivity contribution in [1.29, 1.82) is 0 Å². The van der Waals surface area contributed by atoms with Crippen LogP contribution in [0.2, 0.25) is 5.15 Å². The van der Waals surface area contributed by atoms with E-state index in [0.29, 0.717) is 17.7 Å². The Bertz CT molecular complexity index is 614. The summed E-state index contributed by atoms with van der Waals surface area (Å²) in [5, 5.41) is 5.62. The molecule has 0 saturated heterocycles. The number of hydrogen-bond donors (Lipinski definition) is 1. The van der Waals surface area contributed by atoms with Crippen LogP contribution in [0.5, 0.6) is 0 Å². The van der Waals surface area contributed by atoms with Crippen LogP contribution in [-0.4, -0.2) is 16.3 Å². The van der Waals surface area contributed by atoms with E-state index < -0.39 is 0 Å². The number of halogens is 1. The van der Waals surface area contributed by atoms with Gasteiger partial charge in [-0.05, 0) is 36.3 Å². The molecular weight excluding hydrogens is 282 g/mol. The Morgan fingerprint density at radius 1 is 1.47 bits per heavy atom. The fraction of sp³-hybridized carbons (Fsp3) is 0.308. The molecule has 0 saturated carbocycles. The van der Waals surface area contributed by atoms with Crippen LogP contribution >= 0.6 is 22.9 Å². The van der Waals surface area contributed by atoms with E-state index in [9.17, 15) is 4.79 Å². The predicted octanol–water partition coefficient (Wildman–Crippen LogP) is 3.49. The van der Waals surface area contributed by atoms with E-state index in [1.807, 2.05) is 0 Å². The molecule has 1 unspecified atom stereocenters. The summed E-state index contributed by atoms with van der Waals surface area (Å²) in [5.74, 6) is 0.513. The number of aromatic nitrogens is 2. The summed E-state index contributed by atoms with van der Waals surface area (Å²) in [4.78, 5) is 20.4. The second-order valence-corrected chi connectivity index (χ2v) is 5.79. The summed E-state index contributed by atoms with van der Waals surface area (Å²) in [6.45, 7) is 0. The van der Waals surface area contributed by atoms with Crippen molar-refractivity contribution in [3.8, 4) is 0 Å². The van der Waals surface area contributed by atoms with Crippen LogP contribution in [-0.2, 0) is 6.42 Å². The third-order valence-corrected chi connectivity index (χ3v) is 4.61. The van der Waals surface area contributed by atoms with E-state index in [1.165, 1.54) is 16.8 Å². The molecule has 1 atom stereocenters. The number of carbonyl (C=O) groups excluding carboxylic acids is 1. The van der Waals surface area contributed by atoms with Crippen molar-refractivity contribution in [2.75, 3.05) is 5.32 Å². The van der Waals surface area contributed by atoms with Gasteiger partial charge in [0.15, 0.2) is 6.29 Å². The highest BCUT2D eigenvalue weighted by Crippen LogP contribution is 2.35. The molecule has 0 amide bonds. The molecule has 0 fully saturated rings. The molecular formula is C13H12ClN3OS. The zero-order valence-corrected chi connectivity index (χ0v) is 11.7. The molecule has 3 rings (SSSR count). The van der Waals surface area contributed by atoms with Crippen LogP contribution in [0.25, 0.3) is 0 Å². The molecule has 4 nitrogen and oxygen atoms in total. The van der Waals surface area contributed by atoms with Crippen LogP contribution in [0.3, 0.4) is 0 Å². The second kappa shape index (κ2) is 5.27. The Labute approximate surface area is 119 Å². The summed E-state index contributed by atoms with van der Waals surface area (Å²) >= 11 is 7.69. The minimum Gasteiger partial charge on any atom is -0.362 e. The number of fused-ring (bicyclic) bond motifs is 1. The topological polar surface area (TPSA) is 54.9 Å². The lowest BCUT2D eigenvalue weighted by atomic mass is 9.94. The summed E-state index contributed by atoms with van der Waals surface area (Å²) in [5.41, 5.74) is 1.63. The number of nitrogens with zero attached hydrogens (tertiary/aromatic N) is 2. The van der Waals surface area contributed by atoms with Gasteiger partial charge >= 0.3 is 0 Å². The molecule has 2 aromatic rings. The van der Waals surface area contributed by atoms with Crippen LogP contribution < -0.4 is 5.32 Å². The molecule has 1 aliphatic rings. The zero-order valence-electron chi connectivity index (χ0n) is 10.1. The second-order valence-electron chi connectivity index (χ2n) is 4.43. The number of aldehydes is 1. The van der Waals surface area contributed by atoms with Crippen LogP contribution in [0.4, 0.5) is 5.82 Å². The minimum absolute atomic E-state index is 0.189. The molecule has 6 heteroatoms. The Morgan fingerprint density at radius 3 is 3.21 bits per heavy atom. The van der Waals surface area contributed by atoms with E-state index in [1.54, 1.807) is 11.3 Å². The maximum absolute atomic E-state index is 11.1. The highest BCUT2D eigenvalue weighted by atomic mass is 35.5. The maximum atomic E-state index is 11.1. The number of hydrogen-bond acceptors (Lipinski definition) is 5. The van der Waals surface area contributed by atoms with Crippen molar-refractivity contribution < 1.29 is 4.79 Å². The molecule has 0 radical (unpaired) electrons. The van der Waals surface area contributed by atoms with Crippen molar-refractivity contribution in [2.45, 2.75) is 25.3 Å². The molecule has 2 heterocycles. The first-order valence-electron chi connectivity index (χ1n) is 6.08. The van der Waals surface area contributed by atoms with E-state index in [4.69, 9.17) is 11.6 Å². The van der Waals surface area contributed by atoms with Gasteiger partial charge in [0.25, 0.3) is 0 Å². The van der Waals surface area contributed by atoms with Crippen molar-refractivity contribution >= 4 is 35.0 Å². The van der Waals surface area contributed by atoms with E-state index in [-0.39, 0.29) is 11.2 Å². The van der Waals surface area contributed by atoms with Gasteiger partial charge in [0.05, 0.1) is 11.6 Å². The summed E-state index contributed by atoms with van der Waals surface area (Å²) in [6, 6.07) is 2.33. The molecule has 0 aromatic carbocycles. The van der Waals surface area contributed by atoms with Crippen molar-refractivity contribution in [2.24, 2.45) is 0 Å². The predicted molar refractivity (Wildman–Crippen MR) is 76.1 cm³/mol. The summed E-state index contributed by atoms with van der Waals surface area (Å²) < 4.78 is 0. The average Bonchev–Trinajstić information content (AvgIpc) is 2.88. The SMILES string of the molecule is O=Cc1c(Cl)ncnc1NC1CCCc2sccc21. The molecule has 0 bridgehead atoms. The van der Waals surface area contributed by atoms with Crippen molar-refractivity contribution in [3.05, 3.63) is 38.9 Å². The Kier molecular flexibility index (Phi) is 3.48. The van der Waals surface area contributed by atoms with Gasteiger partial charge in [-0.15, -0.1) is 11.3 Å². The fourth-order valence-electron chi connectivity index (χ4n) is 2.39. The number of aryl methyl sites for hydroxylation is 1. The Morgan fingerprint density at radius 2 is 2.37 bits per heavy atom. The zero-order chi connectivity index (χ0) is 13.2. The van der Waals surface area contributed by atoms with Gasteiger partial charge in [-0.1, -0.05) is 11.6 Å². The normalized spacial score (nSPS) is 17.8. The van der Waals surface area contributed by atoms with Crippen molar-refractivity contribution in [3.63, 3.8) is 0 Å². The molecule has 19 heavy (non-hydrogen) atoms. The smallest absolute Gasteiger partial charge is 0.156 e. The lowest BCUT2D eigenvalue weighted by Crippen LogP contribution is -2.17. The quantitative estimate of drug-likeness (QED) is 0.695. The first kappa shape index (κ1) is 12.6. The van der Waals surface area contributed by atoms with Crippen LogP contribution in [0.1, 0.15) is 39.7 Å².